The highest BCUT2D eigenvalue weighted by Gasteiger charge is 2.09. The smallest absolute Gasteiger partial charge is 0.161 e. The maximum Gasteiger partial charge on any atom is 0.161 e. The van der Waals surface area contributed by atoms with Crippen LogP contribution < -0.4 is 5.32 Å². The van der Waals surface area contributed by atoms with E-state index in [1.807, 2.05) is 0 Å². The zero-order valence-electron chi connectivity index (χ0n) is 9.67. The molecule has 0 saturated heterocycles. The number of aryl methyl sites for hydroxylation is 1. The number of pyridine rings is 1. The summed E-state index contributed by atoms with van der Waals surface area (Å²) in [4.78, 5) is 4.06. The molecule has 0 unspecified atom stereocenters. The van der Waals surface area contributed by atoms with Crippen molar-refractivity contribution in [1.29, 1.82) is 0 Å². The van der Waals surface area contributed by atoms with Crippen LogP contribution in [0.25, 0.3) is 0 Å². The molecule has 0 radical (unpaired) electrons. The predicted octanol–water partition coefficient (Wildman–Crippen LogP) is 3.42. The number of aromatic nitrogens is 1. The quantitative estimate of drug-likeness (QED) is 0.847. The number of hydrogen-bond donors (Lipinski definition) is 1. The molecule has 1 aromatic carbocycles. The minimum atomic E-state index is -1.19. The summed E-state index contributed by atoms with van der Waals surface area (Å²) < 4.78 is 39.1. The molecule has 0 atom stereocenters. The van der Waals surface area contributed by atoms with E-state index < -0.39 is 17.5 Å². The summed E-state index contributed by atoms with van der Waals surface area (Å²) in [5, 5.41) is 2.93. The van der Waals surface area contributed by atoms with Crippen molar-refractivity contribution in [3.05, 3.63) is 59.2 Å². The van der Waals surface area contributed by atoms with Crippen LogP contribution in [-0.2, 0) is 6.54 Å². The molecule has 0 aliphatic rings. The number of hydrogen-bond acceptors (Lipinski definition) is 2. The van der Waals surface area contributed by atoms with Gasteiger partial charge in [-0.1, -0.05) is 0 Å². The van der Waals surface area contributed by atoms with Crippen LogP contribution in [-0.4, -0.2) is 4.98 Å². The Morgan fingerprint density at radius 3 is 2.56 bits per heavy atom. The number of anilines is 1. The van der Waals surface area contributed by atoms with Crippen molar-refractivity contribution in [3.8, 4) is 0 Å². The van der Waals surface area contributed by atoms with Crippen molar-refractivity contribution in [1.82, 2.24) is 4.98 Å². The van der Waals surface area contributed by atoms with Gasteiger partial charge in [-0.3, -0.25) is 4.98 Å². The minimum absolute atomic E-state index is 0.0650. The second-order valence-electron chi connectivity index (χ2n) is 3.85. The topological polar surface area (TPSA) is 24.9 Å². The SMILES string of the molecule is Cc1ncccc1NCc1cc(F)c(F)cc1F. The summed E-state index contributed by atoms with van der Waals surface area (Å²) in [7, 11) is 0. The van der Waals surface area contributed by atoms with Gasteiger partial charge in [-0.15, -0.1) is 0 Å². The van der Waals surface area contributed by atoms with Gasteiger partial charge >= 0.3 is 0 Å². The van der Waals surface area contributed by atoms with E-state index in [4.69, 9.17) is 0 Å². The molecule has 5 heteroatoms. The molecule has 0 amide bonds. The van der Waals surface area contributed by atoms with Gasteiger partial charge < -0.3 is 5.32 Å². The molecule has 2 nitrogen and oxygen atoms in total. The fourth-order valence-corrected chi connectivity index (χ4v) is 1.56. The van der Waals surface area contributed by atoms with Crippen LogP contribution >= 0.6 is 0 Å². The molecule has 0 saturated carbocycles. The number of halogens is 3. The third-order valence-electron chi connectivity index (χ3n) is 2.57. The summed E-state index contributed by atoms with van der Waals surface area (Å²) in [5.74, 6) is -3.02. The van der Waals surface area contributed by atoms with Crippen LogP contribution in [0.5, 0.6) is 0 Å². The summed E-state index contributed by atoms with van der Waals surface area (Å²) in [6, 6.07) is 4.91. The Bertz CT molecular complexity index is 570. The van der Waals surface area contributed by atoms with E-state index in [1.165, 1.54) is 0 Å². The lowest BCUT2D eigenvalue weighted by Crippen LogP contribution is -2.05. The lowest BCUT2D eigenvalue weighted by Gasteiger charge is -2.09. The molecule has 0 spiro atoms. The highest BCUT2D eigenvalue weighted by Crippen LogP contribution is 2.16. The standard InChI is InChI=1S/C13H11F3N2/c1-8-13(3-2-4-17-8)18-7-9-5-11(15)12(16)6-10(9)14/h2-6,18H,7H2,1H3. The van der Waals surface area contributed by atoms with Gasteiger partial charge in [-0.25, -0.2) is 13.2 Å². The average molecular weight is 252 g/mol. The molecule has 1 aromatic heterocycles. The summed E-state index contributed by atoms with van der Waals surface area (Å²) >= 11 is 0. The fourth-order valence-electron chi connectivity index (χ4n) is 1.56. The third-order valence-corrected chi connectivity index (χ3v) is 2.57. The van der Waals surface area contributed by atoms with Crippen LogP contribution in [0, 0.1) is 24.4 Å². The first kappa shape index (κ1) is 12.4. The number of benzene rings is 1. The Labute approximate surface area is 102 Å². The largest absolute Gasteiger partial charge is 0.379 e. The molecule has 18 heavy (non-hydrogen) atoms. The first-order chi connectivity index (χ1) is 8.58. The number of nitrogens with zero attached hydrogens (tertiary/aromatic N) is 1. The van der Waals surface area contributed by atoms with Crippen LogP contribution in [0.1, 0.15) is 11.3 Å². The van der Waals surface area contributed by atoms with Crippen molar-refractivity contribution < 1.29 is 13.2 Å². The van der Waals surface area contributed by atoms with Crippen LogP contribution in [0.4, 0.5) is 18.9 Å². The van der Waals surface area contributed by atoms with E-state index in [0.29, 0.717) is 6.07 Å². The molecule has 0 aliphatic carbocycles. The number of rotatable bonds is 3. The molecule has 0 fully saturated rings. The molecule has 0 aliphatic heterocycles. The van der Waals surface area contributed by atoms with E-state index in [2.05, 4.69) is 10.3 Å². The Balaban J connectivity index is 2.16. The zero-order chi connectivity index (χ0) is 13.1. The van der Waals surface area contributed by atoms with Crippen molar-refractivity contribution in [2.75, 3.05) is 5.32 Å². The van der Waals surface area contributed by atoms with Gasteiger partial charge in [0.05, 0.1) is 11.4 Å². The van der Waals surface area contributed by atoms with E-state index in [0.717, 1.165) is 17.4 Å². The summed E-state index contributed by atoms with van der Waals surface area (Å²) in [6.07, 6.45) is 1.64. The Kier molecular flexibility index (Phi) is 3.50. The minimum Gasteiger partial charge on any atom is -0.379 e. The molecule has 94 valence electrons. The number of nitrogens with one attached hydrogen (secondary N) is 1. The molecule has 2 aromatic rings. The van der Waals surface area contributed by atoms with Crippen molar-refractivity contribution >= 4 is 5.69 Å². The van der Waals surface area contributed by atoms with E-state index in [9.17, 15) is 13.2 Å². The van der Waals surface area contributed by atoms with Crippen molar-refractivity contribution in [2.24, 2.45) is 0 Å². The summed E-state index contributed by atoms with van der Waals surface area (Å²) in [5.41, 5.74) is 1.54. The first-order valence-electron chi connectivity index (χ1n) is 5.37. The first-order valence-corrected chi connectivity index (χ1v) is 5.37. The van der Waals surface area contributed by atoms with Gasteiger partial charge in [0.15, 0.2) is 11.6 Å². The highest BCUT2D eigenvalue weighted by atomic mass is 19.2. The van der Waals surface area contributed by atoms with E-state index >= 15 is 0 Å². The van der Waals surface area contributed by atoms with Gasteiger partial charge in [0, 0.05) is 24.4 Å². The zero-order valence-corrected chi connectivity index (χ0v) is 9.67. The van der Waals surface area contributed by atoms with Gasteiger partial charge in [0.1, 0.15) is 5.82 Å². The second-order valence-corrected chi connectivity index (χ2v) is 3.85. The van der Waals surface area contributed by atoms with Gasteiger partial charge in [0.2, 0.25) is 0 Å². The molecular weight excluding hydrogens is 241 g/mol. The Hall–Kier alpha value is -2.04. The van der Waals surface area contributed by atoms with Crippen LogP contribution in [0.3, 0.4) is 0 Å². The predicted molar refractivity (Wildman–Crippen MR) is 62.6 cm³/mol. The highest BCUT2D eigenvalue weighted by molar-refractivity contribution is 5.47. The lowest BCUT2D eigenvalue weighted by molar-refractivity contribution is 0.490. The van der Waals surface area contributed by atoms with Gasteiger partial charge in [0.25, 0.3) is 0 Å². The van der Waals surface area contributed by atoms with Gasteiger partial charge in [-0.05, 0) is 25.1 Å². The van der Waals surface area contributed by atoms with E-state index in [1.54, 1.807) is 25.3 Å². The molecule has 1 heterocycles. The maximum absolute atomic E-state index is 13.4. The summed E-state index contributed by atoms with van der Waals surface area (Å²) in [6.45, 7) is 1.86. The molecule has 2 rings (SSSR count). The molecule has 1 N–H and O–H groups in total. The lowest BCUT2D eigenvalue weighted by atomic mass is 10.2. The van der Waals surface area contributed by atoms with Crippen LogP contribution in [0.2, 0.25) is 0 Å². The van der Waals surface area contributed by atoms with Crippen LogP contribution in [0.15, 0.2) is 30.5 Å². The fraction of sp³-hybridized carbons (Fsp3) is 0.154. The maximum atomic E-state index is 13.4. The second kappa shape index (κ2) is 5.08. The Morgan fingerprint density at radius 2 is 1.83 bits per heavy atom. The van der Waals surface area contributed by atoms with E-state index in [-0.39, 0.29) is 12.1 Å². The van der Waals surface area contributed by atoms with Crippen molar-refractivity contribution in [3.63, 3.8) is 0 Å². The third kappa shape index (κ3) is 2.61. The van der Waals surface area contributed by atoms with Crippen molar-refractivity contribution in [2.45, 2.75) is 13.5 Å². The average Bonchev–Trinajstić information content (AvgIpc) is 2.34. The molecule has 0 bridgehead atoms. The normalized spacial score (nSPS) is 10.4. The van der Waals surface area contributed by atoms with Gasteiger partial charge in [-0.2, -0.15) is 0 Å². The molecular formula is C13H11F3N2. The monoisotopic (exact) mass is 252 g/mol. The Morgan fingerprint density at radius 1 is 1.11 bits per heavy atom.